The van der Waals surface area contributed by atoms with Gasteiger partial charge in [0.15, 0.2) is 5.82 Å². The van der Waals surface area contributed by atoms with Crippen molar-refractivity contribution in [2.45, 2.75) is 19.9 Å². The molecule has 3 aromatic rings. The Hall–Kier alpha value is -3.55. The minimum absolute atomic E-state index is 0.123. The quantitative estimate of drug-likeness (QED) is 0.265. The Morgan fingerprint density at radius 1 is 1.29 bits per heavy atom. The Balaban J connectivity index is 1.89. The molecule has 4 rings (SSSR count). The van der Waals surface area contributed by atoms with Gasteiger partial charge < -0.3 is 5.09 Å². The lowest BCUT2D eigenvalue weighted by atomic mass is 10.2. The molecule has 0 saturated heterocycles. The molecule has 1 aromatic heterocycles. The van der Waals surface area contributed by atoms with Crippen LogP contribution >= 0.6 is 23.4 Å². The summed E-state index contributed by atoms with van der Waals surface area (Å²) in [5.74, 6) is 0.230. The largest absolute Gasteiger partial charge is 0.316 e. The molecule has 0 bridgehead atoms. The lowest BCUT2D eigenvalue weighted by molar-refractivity contribution is -0.384. The maximum absolute atomic E-state index is 14.7. The topological polar surface area (TPSA) is 129 Å². The molecule has 1 aliphatic heterocycles. The molecule has 0 amide bonds. The van der Waals surface area contributed by atoms with E-state index in [9.17, 15) is 19.1 Å². The molecule has 13 heteroatoms. The molecule has 1 N–H and O–H groups in total. The zero-order valence-corrected chi connectivity index (χ0v) is 20.5. The van der Waals surface area contributed by atoms with Crippen LogP contribution in [0.1, 0.15) is 17.7 Å². The number of rotatable bonds is 6. The fourth-order valence-corrected chi connectivity index (χ4v) is 6.70. The van der Waals surface area contributed by atoms with Crippen molar-refractivity contribution in [1.29, 1.82) is 5.26 Å². The van der Waals surface area contributed by atoms with E-state index in [2.05, 4.69) is 32.2 Å². The number of nitriles is 1. The number of fused-ring (bicyclic) bond motifs is 1. The van der Waals surface area contributed by atoms with Crippen molar-refractivity contribution in [3.8, 4) is 6.07 Å². The number of benzene rings is 2. The van der Waals surface area contributed by atoms with E-state index in [0.717, 1.165) is 0 Å². The summed E-state index contributed by atoms with van der Waals surface area (Å²) >= 11 is 3.32. The number of halogens is 2. The Labute approximate surface area is 202 Å². The van der Waals surface area contributed by atoms with E-state index in [1.807, 2.05) is 0 Å². The lowest BCUT2D eigenvalue weighted by Gasteiger charge is -2.35. The third kappa shape index (κ3) is 4.08. The zero-order chi connectivity index (χ0) is 24.6. The fraction of sp³-hybridized carbons (Fsp3) is 0.190. The third-order valence-electron chi connectivity index (χ3n) is 5.29. The molecule has 10 nitrogen and oxygen atoms in total. The Morgan fingerprint density at radius 3 is 2.62 bits per heavy atom. The van der Waals surface area contributed by atoms with E-state index in [0.29, 0.717) is 38.4 Å². The van der Waals surface area contributed by atoms with Gasteiger partial charge in [-0.05, 0) is 53.2 Å². The lowest BCUT2D eigenvalue weighted by Crippen LogP contribution is -2.36. The normalized spacial score (nSPS) is 17.0. The SMILES string of the molecule is Cc1nn(CCC#N)c2c1P(=O)(Nc1ccc([N+](=O)[O-])cc1Br)N(C)C(c1ccc(F)cc1)=N2. The van der Waals surface area contributed by atoms with Gasteiger partial charge in [-0.25, -0.2) is 14.1 Å². The highest BCUT2D eigenvalue weighted by Gasteiger charge is 2.43. The number of non-ortho nitro benzene ring substituents is 1. The number of nitro benzene ring substituents is 1. The van der Waals surface area contributed by atoms with Crippen molar-refractivity contribution in [3.05, 3.63) is 74.1 Å². The molecule has 1 aliphatic rings. The van der Waals surface area contributed by atoms with Crippen molar-refractivity contribution in [1.82, 2.24) is 14.5 Å². The van der Waals surface area contributed by atoms with E-state index in [-0.39, 0.29) is 18.7 Å². The summed E-state index contributed by atoms with van der Waals surface area (Å²) < 4.78 is 31.6. The van der Waals surface area contributed by atoms with Crippen molar-refractivity contribution in [2.24, 2.45) is 4.99 Å². The van der Waals surface area contributed by atoms with Crippen LogP contribution in [0.3, 0.4) is 0 Å². The van der Waals surface area contributed by atoms with E-state index in [1.165, 1.54) is 51.8 Å². The van der Waals surface area contributed by atoms with Gasteiger partial charge in [-0.1, -0.05) is 0 Å². The van der Waals surface area contributed by atoms with Gasteiger partial charge in [0.25, 0.3) is 13.1 Å². The maximum atomic E-state index is 14.7. The standard InChI is InChI=1S/C21H18BrFN7O3P/c1-13-19-21(29(26-13)11-3-10-24)25-20(14-4-6-15(23)7-5-14)28(2)34(19,33)27-18-9-8-16(30(31)32)12-17(18)22/h4-9,12H,3,11H2,1-2H3,(H,27,33). The van der Waals surface area contributed by atoms with Crippen molar-refractivity contribution in [2.75, 3.05) is 12.1 Å². The number of aryl methyl sites for hydroxylation is 2. The van der Waals surface area contributed by atoms with Crippen LogP contribution < -0.4 is 10.4 Å². The minimum Gasteiger partial charge on any atom is -0.316 e. The average Bonchev–Trinajstić information content (AvgIpc) is 3.12. The van der Waals surface area contributed by atoms with Crippen LogP contribution in [0.15, 0.2) is 51.9 Å². The molecular weight excluding hydrogens is 528 g/mol. The van der Waals surface area contributed by atoms with Gasteiger partial charge in [0.05, 0.1) is 35.3 Å². The number of anilines is 1. The summed E-state index contributed by atoms with van der Waals surface area (Å²) in [6, 6.07) is 11.8. The fourth-order valence-electron chi connectivity index (χ4n) is 3.65. The smallest absolute Gasteiger partial charge is 0.296 e. The number of hydrogen-bond donors (Lipinski definition) is 1. The molecule has 174 valence electrons. The summed E-state index contributed by atoms with van der Waals surface area (Å²) in [7, 11) is -2.07. The van der Waals surface area contributed by atoms with E-state index < -0.39 is 18.2 Å². The molecule has 34 heavy (non-hydrogen) atoms. The molecular formula is C21H18BrFN7O3P. The molecule has 2 heterocycles. The molecule has 2 aromatic carbocycles. The molecule has 1 atom stereocenters. The summed E-state index contributed by atoms with van der Waals surface area (Å²) in [5, 5.41) is 28.0. The van der Waals surface area contributed by atoms with Gasteiger partial charge >= 0.3 is 0 Å². The summed E-state index contributed by atoms with van der Waals surface area (Å²) in [6.45, 7) is 1.95. The van der Waals surface area contributed by atoms with Gasteiger partial charge in [0.1, 0.15) is 17.0 Å². The molecule has 0 saturated carbocycles. The van der Waals surface area contributed by atoms with Crippen LogP contribution in [0, 0.1) is 34.2 Å². The van der Waals surface area contributed by atoms with Gasteiger partial charge in [0, 0.05) is 29.2 Å². The highest BCUT2D eigenvalue weighted by atomic mass is 79.9. The van der Waals surface area contributed by atoms with E-state index in [1.54, 1.807) is 14.0 Å². The summed E-state index contributed by atoms with van der Waals surface area (Å²) in [5.41, 5.74) is 1.25. The van der Waals surface area contributed by atoms with Crippen molar-refractivity contribution in [3.63, 3.8) is 0 Å². The second-order valence-electron chi connectivity index (χ2n) is 7.46. The van der Waals surface area contributed by atoms with Gasteiger partial charge in [0.2, 0.25) is 0 Å². The number of nitrogens with one attached hydrogen (secondary N) is 1. The zero-order valence-electron chi connectivity index (χ0n) is 18.1. The van der Waals surface area contributed by atoms with Crippen LogP contribution in [0.4, 0.5) is 21.6 Å². The first kappa shape index (κ1) is 23.6. The van der Waals surface area contributed by atoms with Crippen LogP contribution in [0.5, 0.6) is 0 Å². The maximum Gasteiger partial charge on any atom is 0.296 e. The van der Waals surface area contributed by atoms with E-state index >= 15 is 0 Å². The van der Waals surface area contributed by atoms with Gasteiger partial charge in [-0.2, -0.15) is 10.4 Å². The summed E-state index contributed by atoms with van der Waals surface area (Å²) in [4.78, 5) is 15.3. The number of nitro groups is 1. The highest BCUT2D eigenvalue weighted by molar-refractivity contribution is 9.10. The number of aliphatic imine (C=N–C) groups is 1. The molecule has 0 aliphatic carbocycles. The van der Waals surface area contributed by atoms with Crippen molar-refractivity contribution >= 4 is 51.7 Å². The Bertz CT molecular complexity index is 1410. The number of amidine groups is 1. The summed E-state index contributed by atoms with van der Waals surface area (Å²) in [6.07, 6.45) is 0.177. The van der Waals surface area contributed by atoms with Crippen LogP contribution in [0.25, 0.3) is 0 Å². The third-order valence-corrected chi connectivity index (χ3v) is 8.65. The molecule has 0 radical (unpaired) electrons. The molecule has 0 fully saturated rings. The predicted octanol–water partition coefficient (Wildman–Crippen LogP) is 4.87. The highest BCUT2D eigenvalue weighted by Crippen LogP contribution is 2.54. The minimum atomic E-state index is -3.67. The van der Waals surface area contributed by atoms with Gasteiger partial charge in [-0.15, -0.1) is 0 Å². The van der Waals surface area contributed by atoms with Crippen LogP contribution in [0.2, 0.25) is 0 Å². The number of aromatic nitrogens is 2. The monoisotopic (exact) mass is 545 g/mol. The predicted molar refractivity (Wildman–Crippen MR) is 129 cm³/mol. The first-order valence-corrected chi connectivity index (χ1v) is 12.5. The molecule has 0 spiro atoms. The number of hydrogen-bond acceptors (Lipinski definition) is 6. The van der Waals surface area contributed by atoms with E-state index in [4.69, 9.17) is 10.3 Å². The van der Waals surface area contributed by atoms with Gasteiger partial charge in [-0.3, -0.25) is 19.3 Å². The van der Waals surface area contributed by atoms with Crippen LogP contribution in [-0.2, 0) is 11.1 Å². The molecule has 1 unspecified atom stereocenters. The van der Waals surface area contributed by atoms with Crippen molar-refractivity contribution < 1.29 is 13.9 Å². The second-order valence-corrected chi connectivity index (χ2v) is 10.7. The number of nitrogens with zero attached hydrogens (tertiary/aromatic N) is 6. The average molecular weight is 546 g/mol. The first-order chi connectivity index (χ1) is 16.2. The Morgan fingerprint density at radius 2 is 2.00 bits per heavy atom. The Kier molecular flexibility index (Phi) is 6.25. The second kappa shape index (κ2) is 9.00. The first-order valence-electron chi connectivity index (χ1n) is 10.0. The van der Waals surface area contributed by atoms with Crippen LogP contribution in [-0.4, -0.2) is 32.3 Å².